The van der Waals surface area contributed by atoms with Gasteiger partial charge in [-0.2, -0.15) is 0 Å². The Labute approximate surface area is 179 Å². The van der Waals surface area contributed by atoms with Crippen molar-refractivity contribution in [2.24, 2.45) is 0 Å². The van der Waals surface area contributed by atoms with E-state index in [2.05, 4.69) is 32.8 Å². The third-order valence-corrected chi connectivity index (χ3v) is 6.06. The summed E-state index contributed by atoms with van der Waals surface area (Å²) >= 11 is 0. The van der Waals surface area contributed by atoms with E-state index in [1.165, 1.54) is 5.56 Å². The van der Waals surface area contributed by atoms with Crippen LogP contribution in [0.15, 0.2) is 59.9 Å². The predicted molar refractivity (Wildman–Crippen MR) is 119 cm³/mol. The zero-order chi connectivity index (χ0) is 21.4. The standard InChI is InChI=1S/C24H24FN5O/c1-2-16-11-27-24(28-12-16)17-5-7-30(23(31)9-17)19-3-4-20-21(13-26-22(20)10-19)18-14-29(15-18)8-6-25/h3-5,7,9-13,18,26H,2,6,8,14-15H2,1H3. The molecule has 0 radical (unpaired) electrons. The number of aromatic nitrogens is 4. The molecule has 0 aliphatic carbocycles. The number of likely N-dealkylation sites (tertiary alicyclic amines) is 1. The van der Waals surface area contributed by atoms with Gasteiger partial charge in [0.15, 0.2) is 5.82 Å². The minimum Gasteiger partial charge on any atom is -0.361 e. The van der Waals surface area contributed by atoms with E-state index >= 15 is 0 Å². The molecule has 6 nitrogen and oxygen atoms in total. The summed E-state index contributed by atoms with van der Waals surface area (Å²) in [5, 5.41) is 1.16. The Kier molecular flexibility index (Phi) is 5.11. The van der Waals surface area contributed by atoms with E-state index in [1.807, 2.05) is 24.4 Å². The normalized spacial score (nSPS) is 14.8. The smallest absolute Gasteiger partial charge is 0.255 e. The molecule has 0 saturated carbocycles. The summed E-state index contributed by atoms with van der Waals surface area (Å²) in [6.07, 6.45) is 8.27. The number of pyridine rings is 1. The highest BCUT2D eigenvalue weighted by Gasteiger charge is 2.29. The van der Waals surface area contributed by atoms with Crippen molar-refractivity contribution in [1.82, 2.24) is 24.4 Å². The first-order chi connectivity index (χ1) is 15.2. The van der Waals surface area contributed by atoms with Gasteiger partial charge >= 0.3 is 0 Å². The van der Waals surface area contributed by atoms with E-state index in [0.29, 0.717) is 23.9 Å². The molecular weight excluding hydrogens is 393 g/mol. The maximum absolute atomic E-state index is 12.8. The lowest BCUT2D eigenvalue weighted by Gasteiger charge is -2.38. The molecule has 158 valence electrons. The molecular formula is C24H24FN5O. The summed E-state index contributed by atoms with van der Waals surface area (Å²) in [5.74, 6) is 0.973. The maximum atomic E-state index is 12.8. The molecule has 1 aliphatic rings. The van der Waals surface area contributed by atoms with E-state index < -0.39 is 0 Å². The van der Waals surface area contributed by atoms with Gasteiger partial charge in [-0.1, -0.05) is 13.0 Å². The van der Waals surface area contributed by atoms with Crippen molar-refractivity contribution < 1.29 is 4.39 Å². The number of nitrogens with zero attached hydrogens (tertiary/aromatic N) is 4. The van der Waals surface area contributed by atoms with E-state index in [0.717, 1.165) is 41.7 Å². The molecule has 1 fully saturated rings. The quantitative estimate of drug-likeness (QED) is 0.519. The van der Waals surface area contributed by atoms with Crippen LogP contribution in [0.25, 0.3) is 28.0 Å². The summed E-state index contributed by atoms with van der Waals surface area (Å²) in [6.45, 7) is 4.04. The first-order valence-electron chi connectivity index (χ1n) is 10.6. The van der Waals surface area contributed by atoms with Crippen molar-refractivity contribution in [3.63, 3.8) is 0 Å². The van der Waals surface area contributed by atoms with Crippen molar-refractivity contribution in [3.8, 4) is 17.1 Å². The number of aryl methyl sites for hydroxylation is 1. The number of hydrogen-bond donors (Lipinski definition) is 1. The predicted octanol–water partition coefficient (Wildman–Crippen LogP) is 3.71. The van der Waals surface area contributed by atoms with E-state index in [4.69, 9.17) is 0 Å². The largest absolute Gasteiger partial charge is 0.361 e. The van der Waals surface area contributed by atoms with E-state index in [9.17, 15) is 9.18 Å². The van der Waals surface area contributed by atoms with Crippen LogP contribution in [0.3, 0.4) is 0 Å². The van der Waals surface area contributed by atoms with Gasteiger partial charge in [0, 0.05) is 72.9 Å². The number of halogens is 1. The van der Waals surface area contributed by atoms with Gasteiger partial charge in [0.1, 0.15) is 6.67 Å². The number of nitrogens with one attached hydrogen (secondary N) is 1. The Morgan fingerprint density at radius 3 is 2.68 bits per heavy atom. The van der Waals surface area contributed by atoms with Gasteiger partial charge in [0.25, 0.3) is 5.56 Å². The van der Waals surface area contributed by atoms with Crippen LogP contribution < -0.4 is 5.56 Å². The molecule has 31 heavy (non-hydrogen) atoms. The third kappa shape index (κ3) is 3.65. The van der Waals surface area contributed by atoms with Gasteiger partial charge in [-0.25, -0.2) is 14.4 Å². The number of benzene rings is 1. The topological polar surface area (TPSA) is 66.8 Å². The van der Waals surface area contributed by atoms with Gasteiger partial charge in [-0.15, -0.1) is 0 Å². The minimum atomic E-state index is -0.298. The molecule has 0 atom stereocenters. The van der Waals surface area contributed by atoms with Crippen molar-refractivity contribution in [1.29, 1.82) is 0 Å². The van der Waals surface area contributed by atoms with Crippen LogP contribution in [0, 0.1) is 0 Å². The third-order valence-electron chi connectivity index (χ3n) is 6.06. The van der Waals surface area contributed by atoms with Crippen LogP contribution in [-0.2, 0) is 6.42 Å². The van der Waals surface area contributed by atoms with E-state index in [1.54, 1.807) is 29.2 Å². The van der Waals surface area contributed by atoms with Gasteiger partial charge in [0.2, 0.25) is 0 Å². The van der Waals surface area contributed by atoms with Crippen LogP contribution >= 0.6 is 0 Å². The molecule has 0 bridgehead atoms. The summed E-state index contributed by atoms with van der Waals surface area (Å²) in [7, 11) is 0. The summed E-state index contributed by atoms with van der Waals surface area (Å²) in [4.78, 5) is 27.0. The number of rotatable bonds is 6. The monoisotopic (exact) mass is 417 g/mol. The molecule has 4 heterocycles. The van der Waals surface area contributed by atoms with Crippen LogP contribution in [-0.4, -0.2) is 50.7 Å². The Hall–Kier alpha value is -3.32. The van der Waals surface area contributed by atoms with Crippen LogP contribution in [0.5, 0.6) is 0 Å². The second-order valence-electron chi connectivity index (χ2n) is 8.01. The summed E-state index contributed by atoms with van der Waals surface area (Å²) < 4.78 is 14.1. The van der Waals surface area contributed by atoms with Gasteiger partial charge in [0.05, 0.1) is 5.69 Å². The van der Waals surface area contributed by atoms with Crippen LogP contribution in [0.1, 0.15) is 24.0 Å². The molecule has 4 aromatic rings. The lowest BCUT2D eigenvalue weighted by molar-refractivity contribution is 0.138. The van der Waals surface area contributed by atoms with E-state index in [-0.39, 0.29) is 12.2 Å². The van der Waals surface area contributed by atoms with Gasteiger partial charge in [-0.3, -0.25) is 14.3 Å². The first kappa shape index (κ1) is 19.6. The fourth-order valence-electron chi connectivity index (χ4n) is 4.21. The molecule has 0 spiro atoms. The SMILES string of the molecule is CCc1cnc(-c2ccn(-c3ccc4c(C5CN(CCF)C5)c[nH]c4c3)c(=O)c2)nc1. The lowest BCUT2D eigenvalue weighted by atomic mass is 9.91. The zero-order valence-corrected chi connectivity index (χ0v) is 17.4. The molecule has 3 aromatic heterocycles. The average molecular weight is 417 g/mol. The van der Waals surface area contributed by atoms with Crippen molar-refractivity contribution in [3.05, 3.63) is 76.6 Å². The molecule has 1 saturated heterocycles. The van der Waals surface area contributed by atoms with Gasteiger partial charge in [-0.05, 0) is 35.7 Å². The molecule has 1 aromatic carbocycles. The lowest BCUT2D eigenvalue weighted by Crippen LogP contribution is -2.45. The minimum absolute atomic E-state index is 0.132. The second-order valence-corrected chi connectivity index (χ2v) is 8.01. The Morgan fingerprint density at radius 2 is 1.97 bits per heavy atom. The molecule has 0 unspecified atom stereocenters. The zero-order valence-electron chi connectivity index (χ0n) is 17.4. The van der Waals surface area contributed by atoms with Crippen molar-refractivity contribution >= 4 is 10.9 Å². The molecule has 7 heteroatoms. The highest BCUT2D eigenvalue weighted by atomic mass is 19.1. The number of H-pyrrole nitrogens is 1. The number of aromatic amines is 1. The highest BCUT2D eigenvalue weighted by molar-refractivity contribution is 5.85. The Balaban J connectivity index is 1.41. The Morgan fingerprint density at radius 1 is 1.16 bits per heavy atom. The molecule has 1 N–H and O–H groups in total. The fourth-order valence-corrected chi connectivity index (χ4v) is 4.21. The maximum Gasteiger partial charge on any atom is 0.255 e. The molecule has 0 amide bonds. The summed E-state index contributed by atoms with van der Waals surface area (Å²) in [5.41, 5.74) is 4.68. The molecule has 5 rings (SSSR count). The first-order valence-corrected chi connectivity index (χ1v) is 10.6. The average Bonchev–Trinajstić information content (AvgIpc) is 3.18. The highest BCUT2D eigenvalue weighted by Crippen LogP contribution is 2.33. The van der Waals surface area contributed by atoms with Crippen LogP contribution in [0.2, 0.25) is 0 Å². The number of fused-ring (bicyclic) bond motifs is 1. The van der Waals surface area contributed by atoms with Crippen molar-refractivity contribution in [2.75, 3.05) is 26.3 Å². The number of alkyl halides is 1. The Bertz CT molecular complexity index is 1270. The number of hydrogen-bond acceptors (Lipinski definition) is 4. The second kappa shape index (κ2) is 8.07. The van der Waals surface area contributed by atoms with Crippen LogP contribution in [0.4, 0.5) is 4.39 Å². The molecule has 1 aliphatic heterocycles. The summed E-state index contributed by atoms with van der Waals surface area (Å²) in [6, 6.07) is 9.44. The van der Waals surface area contributed by atoms with Crippen molar-refractivity contribution in [2.45, 2.75) is 19.3 Å². The van der Waals surface area contributed by atoms with Gasteiger partial charge < -0.3 is 4.98 Å². The fraction of sp³-hybridized carbons (Fsp3) is 0.292.